The molecular weight excluding hydrogens is 280 g/mol. The average Bonchev–Trinajstić information content (AvgIpc) is 2.85. The van der Waals surface area contributed by atoms with Gasteiger partial charge in [0.05, 0.1) is 6.54 Å². The first kappa shape index (κ1) is 15.0. The first-order valence-electron chi connectivity index (χ1n) is 6.70. The zero-order valence-corrected chi connectivity index (χ0v) is 13.1. The van der Waals surface area contributed by atoms with E-state index in [1.165, 1.54) is 17.3 Å². The Bertz CT molecular complexity index is 366. The van der Waals surface area contributed by atoms with Crippen LogP contribution in [0.3, 0.4) is 0 Å². The number of nitrogens with zero attached hydrogens (tertiary/aromatic N) is 2. The van der Waals surface area contributed by atoms with E-state index in [1.54, 1.807) is 0 Å². The quantitative estimate of drug-likeness (QED) is 0.799. The minimum absolute atomic E-state index is 0.539. The summed E-state index contributed by atoms with van der Waals surface area (Å²) in [7, 11) is 0. The van der Waals surface area contributed by atoms with Crippen molar-refractivity contribution in [3.63, 3.8) is 0 Å². The van der Waals surface area contributed by atoms with Crippen LogP contribution in [-0.2, 0) is 6.54 Å². The SMILES string of the molecule is CC(C)CNCc1nnc(NCC2CSCCS2)o1. The summed E-state index contributed by atoms with van der Waals surface area (Å²) in [6.45, 7) is 6.85. The van der Waals surface area contributed by atoms with E-state index in [2.05, 4.69) is 34.7 Å². The molecule has 5 nitrogen and oxygen atoms in total. The fourth-order valence-electron chi connectivity index (χ4n) is 1.72. The van der Waals surface area contributed by atoms with Crippen LogP contribution in [0.25, 0.3) is 0 Å². The molecule has 1 aliphatic rings. The summed E-state index contributed by atoms with van der Waals surface area (Å²) < 4.78 is 5.54. The van der Waals surface area contributed by atoms with Crippen LogP contribution in [0, 0.1) is 5.92 Å². The van der Waals surface area contributed by atoms with E-state index in [0.29, 0.717) is 29.6 Å². The van der Waals surface area contributed by atoms with E-state index in [4.69, 9.17) is 4.42 Å². The Morgan fingerprint density at radius 2 is 2.26 bits per heavy atom. The molecule has 1 aromatic heterocycles. The van der Waals surface area contributed by atoms with Crippen molar-refractivity contribution in [2.24, 2.45) is 5.92 Å². The predicted molar refractivity (Wildman–Crippen MR) is 82.9 cm³/mol. The number of thioether (sulfide) groups is 2. The van der Waals surface area contributed by atoms with Gasteiger partial charge in [-0.05, 0) is 12.5 Å². The highest BCUT2D eigenvalue weighted by atomic mass is 32.2. The second-order valence-corrected chi connectivity index (χ2v) is 7.53. The molecule has 0 spiro atoms. The van der Waals surface area contributed by atoms with Gasteiger partial charge in [0.2, 0.25) is 5.89 Å². The molecule has 0 bridgehead atoms. The molecule has 0 aliphatic carbocycles. The smallest absolute Gasteiger partial charge is 0.315 e. The third kappa shape index (κ3) is 5.62. The average molecular weight is 302 g/mol. The third-order valence-electron chi connectivity index (χ3n) is 2.66. The van der Waals surface area contributed by atoms with Crippen molar-refractivity contribution in [3.8, 4) is 0 Å². The number of nitrogens with one attached hydrogen (secondary N) is 2. The minimum atomic E-state index is 0.539. The lowest BCUT2D eigenvalue weighted by Gasteiger charge is -2.20. The second-order valence-electron chi connectivity index (χ2n) is 4.97. The van der Waals surface area contributed by atoms with Crippen LogP contribution in [0.15, 0.2) is 4.42 Å². The van der Waals surface area contributed by atoms with Gasteiger partial charge in [0, 0.05) is 29.1 Å². The van der Waals surface area contributed by atoms with Crippen molar-refractivity contribution in [2.45, 2.75) is 25.6 Å². The lowest BCUT2D eigenvalue weighted by Crippen LogP contribution is -2.23. The lowest BCUT2D eigenvalue weighted by atomic mass is 10.2. The molecule has 19 heavy (non-hydrogen) atoms. The van der Waals surface area contributed by atoms with Gasteiger partial charge in [0.25, 0.3) is 0 Å². The zero-order valence-electron chi connectivity index (χ0n) is 11.5. The monoisotopic (exact) mass is 302 g/mol. The molecule has 1 unspecified atom stereocenters. The maximum Gasteiger partial charge on any atom is 0.315 e. The summed E-state index contributed by atoms with van der Waals surface area (Å²) in [5.74, 6) is 4.99. The molecule has 1 atom stereocenters. The van der Waals surface area contributed by atoms with Crippen LogP contribution in [-0.4, -0.2) is 45.8 Å². The molecule has 0 amide bonds. The van der Waals surface area contributed by atoms with Gasteiger partial charge in [-0.2, -0.15) is 23.5 Å². The molecule has 1 aliphatic heterocycles. The van der Waals surface area contributed by atoms with E-state index in [1.807, 2.05) is 23.5 Å². The molecule has 108 valence electrons. The first-order valence-corrected chi connectivity index (χ1v) is 8.90. The number of rotatable bonds is 7. The van der Waals surface area contributed by atoms with Crippen LogP contribution >= 0.6 is 23.5 Å². The molecule has 0 radical (unpaired) electrons. The van der Waals surface area contributed by atoms with Gasteiger partial charge in [-0.15, -0.1) is 5.10 Å². The van der Waals surface area contributed by atoms with Crippen molar-refractivity contribution in [1.29, 1.82) is 0 Å². The highest BCUT2D eigenvalue weighted by molar-refractivity contribution is 8.06. The summed E-state index contributed by atoms with van der Waals surface area (Å²) in [5, 5.41) is 15.2. The highest BCUT2D eigenvalue weighted by Crippen LogP contribution is 2.24. The van der Waals surface area contributed by atoms with Crippen LogP contribution in [0.4, 0.5) is 6.01 Å². The van der Waals surface area contributed by atoms with Crippen LogP contribution in [0.5, 0.6) is 0 Å². The third-order valence-corrected chi connectivity index (χ3v) is 5.51. The van der Waals surface area contributed by atoms with E-state index in [-0.39, 0.29) is 0 Å². The maximum atomic E-state index is 5.54. The fraction of sp³-hybridized carbons (Fsp3) is 0.833. The Kier molecular flexibility index (Phi) is 6.33. The van der Waals surface area contributed by atoms with Gasteiger partial charge >= 0.3 is 6.01 Å². The van der Waals surface area contributed by atoms with Gasteiger partial charge in [0.15, 0.2) is 0 Å². The topological polar surface area (TPSA) is 63.0 Å². The Balaban J connectivity index is 1.68. The van der Waals surface area contributed by atoms with Crippen molar-refractivity contribution < 1.29 is 4.42 Å². The van der Waals surface area contributed by atoms with E-state index >= 15 is 0 Å². The number of anilines is 1. The van der Waals surface area contributed by atoms with Crippen molar-refractivity contribution in [2.75, 3.05) is 35.7 Å². The van der Waals surface area contributed by atoms with Crippen LogP contribution < -0.4 is 10.6 Å². The zero-order chi connectivity index (χ0) is 13.5. The van der Waals surface area contributed by atoms with Gasteiger partial charge in [0.1, 0.15) is 0 Å². The van der Waals surface area contributed by atoms with Crippen LogP contribution in [0.2, 0.25) is 0 Å². The van der Waals surface area contributed by atoms with Gasteiger partial charge in [-0.3, -0.25) is 0 Å². The molecule has 2 heterocycles. The fourth-order valence-corrected chi connectivity index (χ4v) is 4.33. The molecule has 1 fully saturated rings. The summed E-state index contributed by atoms with van der Waals surface area (Å²) >= 11 is 4.04. The summed E-state index contributed by atoms with van der Waals surface area (Å²) in [5.41, 5.74) is 0. The Morgan fingerprint density at radius 1 is 1.37 bits per heavy atom. The number of hydrogen-bond acceptors (Lipinski definition) is 7. The van der Waals surface area contributed by atoms with E-state index in [9.17, 15) is 0 Å². The van der Waals surface area contributed by atoms with E-state index in [0.717, 1.165) is 13.1 Å². The number of aromatic nitrogens is 2. The van der Waals surface area contributed by atoms with Crippen molar-refractivity contribution in [1.82, 2.24) is 15.5 Å². The van der Waals surface area contributed by atoms with Gasteiger partial charge in [-0.1, -0.05) is 18.9 Å². The molecule has 0 aromatic carbocycles. The summed E-state index contributed by atoms with van der Waals surface area (Å²) in [4.78, 5) is 0. The molecule has 2 N–H and O–H groups in total. The highest BCUT2D eigenvalue weighted by Gasteiger charge is 2.15. The van der Waals surface area contributed by atoms with Gasteiger partial charge < -0.3 is 15.1 Å². The standard InChI is InChI=1S/C12H22N4OS2/c1-9(2)5-13-7-11-15-16-12(17-11)14-6-10-8-18-3-4-19-10/h9-10,13H,3-8H2,1-2H3,(H,14,16). The Morgan fingerprint density at radius 3 is 3.00 bits per heavy atom. The molecular formula is C12H22N4OS2. The van der Waals surface area contributed by atoms with Crippen LogP contribution in [0.1, 0.15) is 19.7 Å². The first-order chi connectivity index (χ1) is 9.24. The maximum absolute atomic E-state index is 5.54. The normalized spacial score (nSPS) is 19.8. The number of hydrogen-bond donors (Lipinski definition) is 2. The molecule has 1 saturated heterocycles. The Labute approximate surface area is 123 Å². The minimum Gasteiger partial charge on any atom is -0.407 e. The van der Waals surface area contributed by atoms with E-state index < -0.39 is 0 Å². The van der Waals surface area contributed by atoms with Gasteiger partial charge in [-0.25, -0.2) is 0 Å². The Hall–Kier alpha value is -0.400. The lowest BCUT2D eigenvalue weighted by molar-refractivity contribution is 0.458. The molecule has 7 heteroatoms. The second kappa shape index (κ2) is 8.01. The molecule has 0 saturated carbocycles. The summed E-state index contributed by atoms with van der Waals surface area (Å²) in [6.07, 6.45) is 0. The predicted octanol–water partition coefficient (Wildman–Crippen LogP) is 2.08. The molecule has 1 aromatic rings. The largest absolute Gasteiger partial charge is 0.407 e. The summed E-state index contributed by atoms with van der Waals surface area (Å²) in [6, 6.07) is 0.539. The van der Waals surface area contributed by atoms with Crippen molar-refractivity contribution >= 4 is 29.5 Å². The van der Waals surface area contributed by atoms with Crippen molar-refractivity contribution in [3.05, 3.63) is 5.89 Å². The molecule has 2 rings (SSSR count).